The number of rotatable bonds is 3. The van der Waals surface area contributed by atoms with Gasteiger partial charge in [0.1, 0.15) is 5.76 Å². The lowest BCUT2D eigenvalue weighted by atomic mass is 9.75. The fourth-order valence-corrected chi connectivity index (χ4v) is 3.40. The first-order valence-electron chi connectivity index (χ1n) is 8.48. The van der Waals surface area contributed by atoms with E-state index in [2.05, 4.69) is 29.7 Å². The monoisotopic (exact) mass is 388 g/mol. The number of nitrogens with one attached hydrogen (secondary N) is 2. The van der Waals surface area contributed by atoms with Crippen LogP contribution in [-0.4, -0.2) is 17.6 Å². The molecule has 142 valence electrons. The lowest BCUT2D eigenvalue weighted by Gasteiger charge is -2.29. The molecule has 3 rings (SSSR count). The molecule has 1 aromatic heterocycles. The van der Waals surface area contributed by atoms with Crippen molar-refractivity contribution in [3.8, 4) is 0 Å². The Bertz CT molecular complexity index is 929. The molecule has 1 aliphatic carbocycles. The van der Waals surface area contributed by atoms with Gasteiger partial charge in [0.15, 0.2) is 5.76 Å². The van der Waals surface area contributed by atoms with E-state index in [4.69, 9.17) is 21.8 Å². The molecular weight excluding hydrogens is 368 g/mol. The molecule has 0 saturated heterocycles. The molecule has 4 N–H and O–H groups in total. The number of anilines is 1. The second-order valence-corrected chi connectivity index (χ2v) is 7.80. The van der Waals surface area contributed by atoms with Gasteiger partial charge in [-0.2, -0.15) is 5.10 Å². The third-order valence-corrected chi connectivity index (χ3v) is 4.65. The predicted molar refractivity (Wildman–Crippen MR) is 104 cm³/mol. The SMILES string of the molecule is Cc1c(C(=O)Nc2ccc(Cl)cc2)oc2c1/C(=N\NC(N)=O)CC(C)(C)C2. The number of nitrogens with zero attached hydrogens (tertiary/aromatic N) is 1. The highest BCUT2D eigenvalue weighted by molar-refractivity contribution is 6.30. The highest BCUT2D eigenvalue weighted by Gasteiger charge is 2.36. The highest BCUT2D eigenvalue weighted by atomic mass is 35.5. The standard InChI is InChI=1S/C19H21ClN4O3/c1-10-15-13(23-24-18(21)26)8-19(2,3)9-14(15)27-16(10)17(25)22-12-6-4-11(20)5-7-12/h4-7H,8-9H2,1-3H3,(H,22,25)(H3,21,24,26)/b23-13-. The van der Waals surface area contributed by atoms with Gasteiger partial charge in [-0.15, -0.1) is 0 Å². The van der Waals surface area contributed by atoms with Crippen molar-refractivity contribution < 1.29 is 14.0 Å². The third kappa shape index (κ3) is 4.14. The summed E-state index contributed by atoms with van der Waals surface area (Å²) in [4.78, 5) is 23.8. The van der Waals surface area contributed by atoms with Crippen molar-refractivity contribution in [2.24, 2.45) is 16.3 Å². The van der Waals surface area contributed by atoms with Crippen molar-refractivity contribution in [2.45, 2.75) is 33.6 Å². The van der Waals surface area contributed by atoms with E-state index in [1.165, 1.54) is 0 Å². The first-order chi connectivity index (χ1) is 12.7. The van der Waals surface area contributed by atoms with Crippen molar-refractivity contribution in [2.75, 3.05) is 5.32 Å². The summed E-state index contributed by atoms with van der Waals surface area (Å²) < 4.78 is 5.90. The number of fused-ring (bicyclic) bond motifs is 1. The summed E-state index contributed by atoms with van der Waals surface area (Å²) in [5.41, 5.74) is 9.97. The van der Waals surface area contributed by atoms with Crippen LogP contribution in [-0.2, 0) is 6.42 Å². The van der Waals surface area contributed by atoms with Crippen molar-refractivity contribution in [3.05, 3.63) is 51.9 Å². The number of furan rings is 1. The topological polar surface area (TPSA) is 110 Å². The highest BCUT2D eigenvalue weighted by Crippen LogP contribution is 2.39. The molecule has 7 nitrogen and oxygen atoms in total. The molecule has 0 spiro atoms. The molecule has 0 aliphatic heterocycles. The Morgan fingerprint density at radius 2 is 1.89 bits per heavy atom. The van der Waals surface area contributed by atoms with E-state index in [0.717, 1.165) is 5.56 Å². The Morgan fingerprint density at radius 3 is 2.52 bits per heavy atom. The van der Waals surface area contributed by atoms with Gasteiger partial charge in [0, 0.05) is 28.3 Å². The van der Waals surface area contributed by atoms with Crippen LogP contribution in [0, 0.1) is 12.3 Å². The Hall–Kier alpha value is -2.80. The van der Waals surface area contributed by atoms with Crippen LogP contribution in [0.5, 0.6) is 0 Å². The zero-order valence-electron chi connectivity index (χ0n) is 15.4. The second-order valence-electron chi connectivity index (χ2n) is 7.37. The number of hydrogen-bond acceptors (Lipinski definition) is 4. The Kier molecular flexibility index (Phi) is 4.97. The summed E-state index contributed by atoms with van der Waals surface area (Å²) in [5.74, 6) is 0.540. The van der Waals surface area contributed by atoms with Crippen LogP contribution in [0.25, 0.3) is 0 Å². The number of urea groups is 1. The fraction of sp³-hybridized carbons (Fsp3) is 0.316. The quantitative estimate of drug-likeness (QED) is 0.694. The number of carbonyl (C=O) groups excluding carboxylic acids is 2. The molecule has 0 bridgehead atoms. The van der Waals surface area contributed by atoms with Crippen molar-refractivity contribution in [1.82, 2.24) is 5.43 Å². The van der Waals surface area contributed by atoms with E-state index in [0.29, 0.717) is 40.6 Å². The average Bonchev–Trinajstić information content (AvgIpc) is 2.90. The molecular formula is C19H21ClN4O3. The zero-order valence-corrected chi connectivity index (χ0v) is 16.1. The molecule has 27 heavy (non-hydrogen) atoms. The van der Waals surface area contributed by atoms with Crippen LogP contribution in [0.1, 0.15) is 47.7 Å². The third-order valence-electron chi connectivity index (χ3n) is 4.40. The molecule has 0 atom stereocenters. The lowest BCUT2D eigenvalue weighted by molar-refractivity contribution is 0.0993. The largest absolute Gasteiger partial charge is 0.455 e. The minimum atomic E-state index is -0.741. The molecule has 0 fully saturated rings. The van der Waals surface area contributed by atoms with Crippen LogP contribution < -0.4 is 16.5 Å². The smallest absolute Gasteiger partial charge is 0.332 e. The maximum atomic E-state index is 12.7. The molecule has 3 amide bonds. The summed E-state index contributed by atoms with van der Waals surface area (Å²) in [5, 5.41) is 7.52. The summed E-state index contributed by atoms with van der Waals surface area (Å²) in [7, 11) is 0. The van der Waals surface area contributed by atoms with E-state index >= 15 is 0 Å². The molecule has 8 heteroatoms. The average molecular weight is 389 g/mol. The minimum absolute atomic E-state index is 0.126. The summed E-state index contributed by atoms with van der Waals surface area (Å²) in [6.07, 6.45) is 1.28. The second kappa shape index (κ2) is 7.08. The molecule has 1 heterocycles. The van der Waals surface area contributed by atoms with E-state index in [-0.39, 0.29) is 17.1 Å². The minimum Gasteiger partial charge on any atom is -0.455 e. The summed E-state index contributed by atoms with van der Waals surface area (Å²) in [6.45, 7) is 5.94. The number of amides is 3. The van der Waals surface area contributed by atoms with Crippen LogP contribution in [0.2, 0.25) is 5.02 Å². The summed E-state index contributed by atoms with van der Waals surface area (Å²) in [6, 6.07) is 6.07. The van der Waals surface area contributed by atoms with E-state index < -0.39 is 6.03 Å². The number of hydrogen-bond donors (Lipinski definition) is 3. The van der Waals surface area contributed by atoms with E-state index in [1.807, 2.05) is 0 Å². The van der Waals surface area contributed by atoms with Gasteiger partial charge in [-0.25, -0.2) is 10.2 Å². The summed E-state index contributed by atoms with van der Waals surface area (Å²) >= 11 is 5.87. The van der Waals surface area contributed by atoms with Crippen molar-refractivity contribution in [3.63, 3.8) is 0 Å². The normalized spacial score (nSPS) is 16.7. The number of hydrazone groups is 1. The number of nitrogens with two attached hydrogens (primary N) is 1. The van der Waals surface area contributed by atoms with Gasteiger partial charge in [0.05, 0.1) is 5.71 Å². The van der Waals surface area contributed by atoms with Crippen molar-refractivity contribution >= 4 is 34.9 Å². The van der Waals surface area contributed by atoms with Gasteiger partial charge >= 0.3 is 6.03 Å². The molecule has 0 unspecified atom stereocenters. The number of carbonyl (C=O) groups is 2. The Labute approximate surface area is 161 Å². The first-order valence-corrected chi connectivity index (χ1v) is 8.85. The van der Waals surface area contributed by atoms with Crippen LogP contribution in [0.4, 0.5) is 10.5 Å². The van der Waals surface area contributed by atoms with E-state index in [9.17, 15) is 9.59 Å². The van der Waals surface area contributed by atoms with Crippen LogP contribution >= 0.6 is 11.6 Å². The maximum Gasteiger partial charge on any atom is 0.332 e. The fourth-order valence-electron chi connectivity index (χ4n) is 3.27. The molecule has 0 saturated carbocycles. The Morgan fingerprint density at radius 1 is 1.22 bits per heavy atom. The van der Waals surface area contributed by atoms with Crippen LogP contribution in [0.3, 0.4) is 0 Å². The molecule has 0 radical (unpaired) electrons. The van der Waals surface area contributed by atoms with Gasteiger partial charge < -0.3 is 15.5 Å². The van der Waals surface area contributed by atoms with Gasteiger partial charge in [-0.3, -0.25) is 4.79 Å². The van der Waals surface area contributed by atoms with Gasteiger partial charge in [-0.1, -0.05) is 25.4 Å². The lowest BCUT2D eigenvalue weighted by Crippen LogP contribution is -2.31. The number of benzene rings is 1. The molecule has 1 aliphatic rings. The van der Waals surface area contributed by atoms with Gasteiger partial charge in [0.2, 0.25) is 0 Å². The van der Waals surface area contributed by atoms with Gasteiger partial charge in [-0.05, 0) is 43.0 Å². The number of halogens is 1. The number of primary amides is 1. The van der Waals surface area contributed by atoms with Crippen LogP contribution in [0.15, 0.2) is 33.8 Å². The van der Waals surface area contributed by atoms with Gasteiger partial charge in [0.25, 0.3) is 5.91 Å². The predicted octanol–water partition coefficient (Wildman–Crippen LogP) is 3.84. The zero-order chi connectivity index (χ0) is 19.8. The first kappa shape index (κ1) is 19.0. The maximum absolute atomic E-state index is 12.7. The van der Waals surface area contributed by atoms with E-state index in [1.54, 1.807) is 31.2 Å². The van der Waals surface area contributed by atoms with Crippen molar-refractivity contribution in [1.29, 1.82) is 0 Å². The molecule has 1 aromatic carbocycles. The molecule has 2 aromatic rings. The Balaban J connectivity index is 1.95.